The van der Waals surface area contributed by atoms with E-state index >= 15 is 0 Å². The minimum Gasteiger partial charge on any atom is -0.256 e. The second-order valence-electron chi connectivity index (χ2n) is 8.23. The molecule has 0 saturated carbocycles. The Bertz CT molecular complexity index is 1370. The van der Waals surface area contributed by atoms with Crippen LogP contribution in [0.5, 0.6) is 0 Å². The molecule has 2 nitrogen and oxygen atoms in total. The first kappa shape index (κ1) is 19.0. The molecule has 0 radical (unpaired) electrons. The average molecular weight is 409 g/mol. The van der Waals surface area contributed by atoms with Crippen LogP contribution in [0.15, 0.2) is 66.9 Å². The smallest absolute Gasteiger partial charge is 0.125 e. The van der Waals surface area contributed by atoms with E-state index in [-0.39, 0.29) is 0 Å². The molecule has 0 amide bonds. The quantitative estimate of drug-likeness (QED) is 0.303. The average Bonchev–Trinajstić information content (AvgIpc) is 3.11. The van der Waals surface area contributed by atoms with E-state index in [1.165, 1.54) is 43.3 Å². The third kappa shape index (κ3) is 3.10. The van der Waals surface area contributed by atoms with Gasteiger partial charge in [0.2, 0.25) is 0 Å². The number of hydrogen-bond acceptors (Lipinski definition) is 3. The Morgan fingerprint density at radius 1 is 0.800 bits per heavy atom. The predicted octanol–water partition coefficient (Wildman–Crippen LogP) is 7.92. The lowest BCUT2D eigenvalue weighted by Crippen LogP contribution is -1.90. The first-order valence-electron chi connectivity index (χ1n) is 10.4. The van der Waals surface area contributed by atoms with E-state index in [0.717, 1.165) is 16.2 Å². The second-order valence-corrected chi connectivity index (χ2v) is 9.23. The molecule has 148 valence electrons. The summed E-state index contributed by atoms with van der Waals surface area (Å²) in [4.78, 5) is 10.9. The largest absolute Gasteiger partial charge is 0.256 e. The van der Waals surface area contributed by atoms with Crippen molar-refractivity contribution in [2.45, 2.75) is 33.6 Å². The monoisotopic (exact) mass is 408 g/mol. The lowest BCUT2D eigenvalue weighted by Gasteiger charge is -2.09. The van der Waals surface area contributed by atoms with Gasteiger partial charge < -0.3 is 0 Å². The van der Waals surface area contributed by atoms with E-state index in [1.54, 1.807) is 11.3 Å². The molecule has 0 N–H and O–H groups in total. The van der Waals surface area contributed by atoms with Gasteiger partial charge in [-0.05, 0) is 60.7 Å². The van der Waals surface area contributed by atoms with E-state index in [0.29, 0.717) is 5.92 Å². The summed E-state index contributed by atoms with van der Waals surface area (Å²) >= 11 is 1.77. The van der Waals surface area contributed by atoms with Gasteiger partial charge in [-0.15, -0.1) is 11.3 Å². The predicted molar refractivity (Wildman–Crippen MR) is 129 cm³/mol. The molecule has 0 aliphatic rings. The maximum Gasteiger partial charge on any atom is 0.125 e. The SMILES string of the molecule is Cc1cccc(C)c1-c1ccc2c(n1)sc1c(-c3cc(C(C)C)ccn3)cccc12. The summed E-state index contributed by atoms with van der Waals surface area (Å²) in [7, 11) is 0. The van der Waals surface area contributed by atoms with E-state index in [2.05, 4.69) is 93.3 Å². The molecular weight excluding hydrogens is 384 g/mol. The number of thiophene rings is 1. The fourth-order valence-electron chi connectivity index (χ4n) is 4.19. The number of fused-ring (bicyclic) bond motifs is 3. The van der Waals surface area contributed by atoms with Gasteiger partial charge in [-0.2, -0.15) is 0 Å². The molecule has 3 heterocycles. The van der Waals surface area contributed by atoms with Crippen LogP contribution in [0.3, 0.4) is 0 Å². The van der Waals surface area contributed by atoms with Crippen LogP contribution in [0.25, 0.3) is 42.8 Å². The Balaban J connectivity index is 1.72. The molecule has 0 unspecified atom stereocenters. The van der Waals surface area contributed by atoms with Crippen molar-refractivity contribution in [1.29, 1.82) is 0 Å². The third-order valence-electron chi connectivity index (χ3n) is 5.83. The Hall–Kier alpha value is -3.04. The third-order valence-corrected chi connectivity index (χ3v) is 6.98. The number of aryl methyl sites for hydroxylation is 2. The van der Waals surface area contributed by atoms with Crippen molar-refractivity contribution in [3.8, 4) is 22.5 Å². The van der Waals surface area contributed by atoms with Gasteiger partial charge >= 0.3 is 0 Å². The molecule has 5 rings (SSSR count). The topological polar surface area (TPSA) is 25.8 Å². The minimum atomic E-state index is 0.481. The molecule has 5 aromatic rings. The first-order valence-corrected chi connectivity index (χ1v) is 11.2. The van der Waals surface area contributed by atoms with Gasteiger partial charge in [-0.25, -0.2) is 4.98 Å². The van der Waals surface area contributed by atoms with Gasteiger partial charge in [0, 0.05) is 32.8 Å². The standard InChI is InChI=1S/C27H24N2S/c1-16(2)19-13-14-28-24(15-19)22-10-6-9-20-21-11-12-23(29-27(21)30-26(20)22)25-17(3)7-5-8-18(25)4/h5-16H,1-4H3. The summed E-state index contributed by atoms with van der Waals surface area (Å²) in [6, 6.07) is 21.6. The van der Waals surface area contributed by atoms with Crippen LogP contribution in [-0.2, 0) is 0 Å². The van der Waals surface area contributed by atoms with Gasteiger partial charge in [0.1, 0.15) is 4.83 Å². The number of rotatable bonds is 3. The van der Waals surface area contributed by atoms with E-state index in [9.17, 15) is 0 Å². The Labute approximate surface area is 181 Å². The highest BCUT2D eigenvalue weighted by Crippen LogP contribution is 2.40. The van der Waals surface area contributed by atoms with E-state index in [1.807, 2.05) is 6.20 Å². The van der Waals surface area contributed by atoms with E-state index < -0.39 is 0 Å². The first-order chi connectivity index (χ1) is 14.5. The molecule has 0 aliphatic heterocycles. The molecule has 0 bridgehead atoms. The molecule has 3 heteroatoms. The highest BCUT2D eigenvalue weighted by atomic mass is 32.1. The number of nitrogens with zero attached hydrogens (tertiary/aromatic N) is 2. The van der Waals surface area contributed by atoms with Crippen molar-refractivity contribution in [3.63, 3.8) is 0 Å². The highest BCUT2D eigenvalue weighted by Gasteiger charge is 2.15. The normalized spacial score (nSPS) is 11.6. The number of aromatic nitrogens is 2. The molecule has 0 saturated heterocycles. The Kier molecular flexibility index (Phi) is 4.63. The number of pyridine rings is 2. The van der Waals surface area contributed by atoms with Crippen molar-refractivity contribution < 1.29 is 0 Å². The molecular formula is C27H24N2S. The molecule has 0 spiro atoms. The number of hydrogen-bond donors (Lipinski definition) is 0. The second kappa shape index (κ2) is 7.33. The molecule has 3 aromatic heterocycles. The fraction of sp³-hybridized carbons (Fsp3) is 0.185. The molecule has 0 aliphatic carbocycles. The van der Waals surface area contributed by atoms with Gasteiger partial charge in [-0.1, -0.05) is 50.2 Å². The van der Waals surface area contributed by atoms with Crippen LogP contribution in [0, 0.1) is 13.8 Å². The van der Waals surface area contributed by atoms with Crippen molar-refractivity contribution >= 4 is 31.6 Å². The zero-order valence-electron chi connectivity index (χ0n) is 17.7. The summed E-state index contributed by atoms with van der Waals surface area (Å²) in [5.41, 5.74) is 8.35. The number of benzene rings is 2. The molecule has 0 fully saturated rings. The highest BCUT2D eigenvalue weighted by molar-refractivity contribution is 7.26. The van der Waals surface area contributed by atoms with Gasteiger partial charge in [-0.3, -0.25) is 4.98 Å². The molecule has 2 aromatic carbocycles. The maximum atomic E-state index is 5.08. The van der Waals surface area contributed by atoms with Crippen molar-refractivity contribution in [1.82, 2.24) is 9.97 Å². The lowest BCUT2D eigenvalue weighted by molar-refractivity contribution is 0.864. The summed E-state index contributed by atoms with van der Waals surface area (Å²) in [5.74, 6) is 0.481. The fourth-order valence-corrected chi connectivity index (χ4v) is 5.39. The van der Waals surface area contributed by atoms with Crippen LogP contribution < -0.4 is 0 Å². The molecule has 30 heavy (non-hydrogen) atoms. The van der Waals surface area contributed by atoms with E-state index in [4.69, 9.17) is 4.98 Å². The Morgan fingerprint density at radius 3 is 2.33 bits per heavy atom. The van der Waals surface area contributed by atoms with Crippen LogP contribution in [0.2, 0.25) is 0 Å². The van der Waals surface area contributed by atoms with Crippen LogP contribution in [0.4, 0.5) is 0 Å². The van der Waals surface area contributed by atoms with Crippen molar-refractivity contribution in [2.24, 2.45) is 0 Å². The van der Waals surface area contributed by atoms with Crippen LogP contribution in [0.1, 0.15) is 36.5 Å². The minimum absolute atomic E-state index is 0.481. The zero-order valence-corrected chi connectivity index (χ0v) is 18.5. The van der Waals surface area contributed by atoms with Crippen molar-refractivity contribution in [2.75, 3.05) is 0 Å². The van der Waals surface area contributed by atoms with Gasteiger partial charge in [0.25, 0.3) is 0 Å². The van der Waals surface area contributed by atoms with Crippen molar-refractivity contribution in [3.05, 3.63) is 83.6 Å². The van der Waals surface area contributed by atoms with Crippen LogP contribution >= 0.6 is 11.3 Å². The molecule has 0 atom stereocenters. The Morgan fingerprint density at radius 2 is 1.57 bits per heavy atom. The van der Waals surface area contributed by atoms with Gasteiger partial charge in [0.05, 0.1) is 11.4 Å². The van der Waals surface area contributed by atoms with Gasteiger partial charge in [0.15, 0.2) is 0 Å². The maximum absolute atomic E-state index is 5.08. The lowest BCUT2D eigenvalue weighted by atomic mass is 9.99. The summed E-state index contributed by atoms with van der Waals surface area (Å²) in [6.45, 7) is 8.76. The van der Waals surface area contributed by atoms with Crippen LogP contribution in [-0.4, -0.2) is 9.97 Å². The summed E-state index contributed by atoms with van der Waals surface area (Å²) < 4.78 is 1.26. The summed E-state index contributed by atoms with van der Waals surface area (Å²) in [5, 5.41) is 2.47. The zero-order chi connectivity index (χ0) is 20.8. The summed E-state index contributed by atoms with van der Waals surface area (Å²) in [6.07, 6.45) is 1.92.